The normalized spacial score (nSPS) is 17.3. The summed E-state index contributed by atoms with van der Waals surface area (Å²) in [6.07, 6.45) is 0. The zero-order chi connectivity index (χ0) is 23.5. The lowest BCUT2D eigenvalue weighted by Crippen LogP contribution is -2.29. The Labute approximate surface area is 191 Å². The summed E-state index contributed by atoms with van der Waals surface area (Å²) in [6, 6.07) is 19.4. The van der Waals surface area contributed by atoms with E-state index in [0.29, 0.717) is 33.9 Å². The number of ketones is 1. The molecule has 4 rings (SSSR count). The summed E-state index contributed by atoms with van der Waals surface area (Å²) >= 11 is 0. The van der Waals surface area contributed by atoms with Gasteiger partial charge < -0.3 is 19.7 Å². The summed E-state index contributed by atoms with van der Waals surface area (Å²) in [5, 5.41) is 20.5. The number of carbonyl (C=O) groups is 2. The predicted molar refractivity (Wildman–Crippen MR) is 123 cm³/mol. The second-order valence-corrected chi connectivity index (χ2v) is 7.46. The van der Waals surface area contributed by atoms with Crippen molar-refractivity contribution in [2.24, 2.45) is 0 Å². The Morgan fingerprint density at radius 1 is 0.909 bits per heavy atom. The van der Waals surface area contributed by atoms with Crippen LogP contribution in [0.25, 0.3) is 5.76 Å². The first-order valence-electron chi connectivity index (χ1n) is 10.3. The third kappa shape index (κ3) is 3.94. The van der Waals surface area contributed by atoms with E-state index in [1.807, 2.05) is 0 Å². The molecule has 1 amide bonds. The van der Waals surface area contributed by atoms with Gasteiger partial charge in [0.2, 0.25) is 0 Å². The minimum absolute atomic E-state index is 0.0408. The number of Topliss-reactive ketones (excluding diaryl/α,β-unsaturated/α-hetero) is 1. The molecular formula is C26H23NO6. The molecule has 0 bridgehead atoms. The second kappa shape index (κ2) is 9.18. The number of benzene rings is 3. The molecule has 1 unspecified atom stereocenters. The monoisotopic (exact) mass is 445 g/mol. The van der Waals surface area contributed by atoms with Crippen molar-refractivity contribution in [3.05, 3.63) is 95.1 Å². The Morgan fingerprint density at radius 2 is 1.58 bits per heavy atom. The molecule has 0 saturated carbocycles. The maximum Gasteiger partial charge on any atom is 0.300 e. The number of carbonyl (C=O) groups excluding carboxylic acids is 2. The van der Waals surface area contributed by atoms with Crippen molar-refractivity contribution in [3.8, 4) is 11.5 Å². The van der Waals surface area contributed by atoms with Gasteiger partial charge >= 0.3 is 0 Å². The van der Waals surface area contributed by atoms with Crippen molar-refractivity contribution in [1.82, 2.24) is 0 Å². The van der Waals surface area contributed by atoms with Gasteiger partial charge in [-0.2, -0.15) is 0 Å². The Hall–Kier alpha value is -4.10. The van der Waals surface area contributed by atoms with E-state index in [1.165, 1.54) is 19.1 Å². The van der Waals surface area contributed by atoms with Gasteiger partial charge in [-0.15, -0.1) is 0 Å². The first-order valence-corrected chi connectivity index (χ1v) is 10.3. The Bertz CT molecular complexity index is 1210. The lowest BCUT2D eigenvalue weighted by atomic mass is 9.94. The van der Waals surface area contributed by atoms with Crippen molar-refractivity contribution in [2.45, 2.75) is 12.6 Å². The molecule has 1 atom stereocenters. The van der Waals surface area contributed by atoms with Crippen LogP contribution in [0.5, 0.6) is 11.5 Å². The number of ether oxygens (including phenoxy) is 2. The van der Waals surface area contributed by atoms with Crippen molar-refractivity contribution in [1.29, 1.82) is 0 Å². The van der Waals surface area contributed by atoms with Crippen molar-refractivity contribution in [2.75, 3.05) is 19.1 Å². The van der Waals surface area contributed by atoms with Crippen LogP contribution in [0, 0.1) is 0 Å². The number of rotatable bonds is 6. The minimum Gasteiger partial charge on any atom is -0.507 e. The molecule has 7 nitrogen and oxygen atoms in total. The van der Waals surface area contributed by atoms with Crippen molar-refractivity contribution < 1.29 is 29.3 Å². The molecular weight excluding hydrogens is 422 g/mol. The number of anilines is 1. The second-order valence-electron chi connectivity index (χ2n) is 7.46. The molecule has 0 aliphatic carbocycles. The molecule has 1 aliphatic rings. The average molecular weight is 445 g/mol. The largest absolute Gasteiger partial charge is 0.507 e. The van der Waals surface area contributed by atoms with Gasteiger partial charge in [-0.3, -0.25) is 14.5 Å². The van der Waals surface area contributed by atoms with E-state index in [4.69, 9.17) is 9.47 Å². The molecule has 7 heteroatoms. The highest BCUT2D eigenvalue weighted by Crippen LogP contribution is 2.44. The van der Waals surface area contributed by atoms with Gasteiger partial charge in [-0.1, -0.05) is 30.3 Å². The first kappa shape index (κ1) is 22.1. The summed E-state index contributed by atoms with van der Waals surface area (Å²) in [4.78, 5) is 27.8. The summed E-state index contributed by atoms with van der Waals surface area (Å²) in [7, 11) is 3.04. The van der Waals surface area contributed by atoms with Crippen molar-refractivity contribution in [3.63, 3.8) is 0 Å². The van der Waals surface area contributed by atoms with Crippen LogP contribution in [0.2, 0.25) is 0 Å². The van der Waals surface area contributed by atoms with E-state index >= 15 is 0 Å². The highest BCUT2D eigenvalue weighted by atomic mass is 16.5. The van der Waals surface area contributed by atoms with E-state index in [2.05, 4.69) is 0 Å². The van der Waals surface area contributed by atoms with E-state index < -0.39 is 17.7 Å². The lowest BCUT2D eigenvalue weighted by Gasteiger charge is -2.26. The molecule has 1 fully saturated rings. The number of aliphatic hydroxyl groups is 2. The standard InChI is InChI=1S/C26H23NO6/c1-32-19-13-9-17(10-14-19)24(29)22-23(20-5-3-4-6-21(20)33-2)27(26(31)25(22)30)18-11-7-16(15-28)8-12-18/h3-14,23,28-29H,15H2,1-2H3/b24-22-. The third-order valence-electron chi connectivity index (χ3n) is 5.64. The smallest absolute Gasteiger partial charge is 0.300 e. The number of nitrogens with zero attached hydrogens (tertiary/aromatic N) is 1. The highest BCUT2D eigenvalue weighted by molar-refractivity contribution is 6.51. The van der Waals surface area contributed by atoms with Crippen LogP contribution in [0.15, 0.2) is 78.4 Å². The number of hydrogen-bond donors (Lipinski definition) is 2. The van der Waals surface area contributed by atoms with Crippen LogP contribution < -0.4 is 14.4 Å². The van der Waals surface area contributed by atoms with Crippen LogP contribution in [-0.2, 0) is 16.2 Å². The average Bonchev–Trinajstić information content (AvgIpc) is 3.13. The quantitative estimate of drug-likeness (QED) is 0.340. The number of aliphatic hydroxyl groups excluding tert-OH is 2. The van der Waals surface area contributed by atoms with Crippen LogP contribution in [0.4, 0.5) is 5.69 Å². The van der Waals surface area contributed by atoms with Gasteiger partial charge in [0.1, 0.15) is 17.3 Å². The summed E-state index contributed by atoms with van der Waals surface area (Å²) < 4.78 is 10.7. The molecule has 33 heavy (non-hydrogen) atoms. The SMILES string of the molecule is COc1ccc(/C(O)=C2/C(=O)C(=O)N(c3ccc(CO)cc3)C2c2ccccc2OC)cc1. The Kier molecular flexibility index (Phi) is 6.15. The van der Waals surface area contributed by atoms with Gasteiger partial charge in [0.25, 0.3) is 11.7 Å². The van der Waals surface area contributed by atoms with Gasteiger partial charge in [0.05, 0.1) is 32.4 Å². The molecule has 1 heterocycles. The summed E-state index contributed by atoms with van der Waals surface area (Å²) in [6.45, 7) is -0.146. The van der Waals surface area contributed by atoms with E-state index in [9.17, 15) is 19.8 Å². The molecule has 0 spiro atoms. The van der Waals surface area contributed by atoms with Crippen molar-refractivity contribution >= 4 is 23.1 Å². The minimum atomic E-state index is -0.914. The van der Waals surface area contributed by atoms with Crippen LogP contribution in [-0.4, -0.2) is 36.1 Å². The van der Waals surface area contributed by atoms with Crippen LogP contribution in [0.1, 0.15) is 22.7 Å². The fourth-order valence-corrected chi connectivity index (χ4v) is 3.95. The molecule has 2 N–H and O–H groups in total. The fraction of sp³-hybridized carbons (Fsp3) is 0.154. The molecule has 0 radical (unpaired) electrons. The van der Waals surface area contributed by atoms with E-state index in [1.54, 1.807) is 72.8 Å². The van der Waals surface area contributed by atoms with Gasteiger partial charge in [-0.25, -0.2) is 0 Å². The van der Waals surface area contributed by atoms with Crippen LogP contribution >= 0.6 is 0 Å². The third-order valence-corrected chi connectivity index (χ3v) is 5.64. The van der Waals surface area contributed by atoms with Crippen LogP contribution in [0.3, 0.4) is 0 Å². The molecule has 168 valence electrons. The first-order chi connectivity index (χ1) is 16.0. The Balaban J connectivity index is 1.93. The zero-order valence-corrected chi connectivity index (χ0v) is 18.2. The van der Waals surface area contributed by atoms with Gasteiger partial charge in [0.15, 0.2) is 0 Å². The number of amides is 1. The maximum absolute atomic E-state index is 13.2. The number of para-hydroxylation sites is 1. The fourth-order valence-electron chi connectivity index (χ4n) is 3.95. The maximum atomic E-state index is 13.2. The predicted octanol–water partition coefficient (Wildman–Crippen LogP) is 3.82. The summed E-state index contributed by atoms with van der Waals surface area (Å²) in [5.41, 5.74) is 2.02. The molecule has 1 saturated heterocycles. The van der Waals surface area contributed by atoms with E-state index in [0.717, 1.165) is 0 Å². The highest BCUT2D eigenvalue weighted by Gasteiger charge is 2.47. The van der Waals surface area contributed by atoms with E-state index in [-0.39, 0.29) is 17.9 Å². The molecule has 0 aromatic heterocycles. The molecule has 1 aliphatic heterocycles. The van der Waals surface area contributed by atoms with Gasteiger partial charge in [-0.05, 0) is 48.0 Å². The Morgan fingerprint density at radius 3 is 2.18 bits per heavy atom. The van der Waals surface area contributed by atoms with Gasteiger partial charge in [0, 0.05) is 16.8 Å². The molecule has 3 aromatic carbocycles. The molecule has 3 aromatic rings. The summed E-state index contributed by atoms with van der Waals surface area (Å²) in [5.74, 6) is -0.788. The number of hydrogen-bond acceptors (Lipinski definition) is 6. The topological polar surface area (TPSA) is 96.3 Å². The lowest BCUT2D eigenvalue weighted by molar-refractivity contribution is -0.132. The number of methoxy groups -OCH3 is 2. The zero-order valence-electron chi connectivity index (χ0n) is 18.2.